The predicted octanol–water partition coefficient (Wildman–Crippen LogP) is 0.401. The van der Waals surface area contributed by atoms with E-state index in [9.17, 15) is 4.79 Å². The van der Waals surface area contributed by atoms with Gasteiger partial charge in [-0.25, -0.2) is 9.97 Å². The van der Waals surface area contributed by atoms with Crippen molar-refractivity contribution in [2.24, 2.45) is 5.92 Å². The highest BCUT2D eigenvalue weighted by Gasteiger charge is 2.20. The van der Waals surface area contributed by atoms with Crippen LogP contribution in [0.3, 0.4) is 0 Å². The monoisotopic (exact) mass is 234 g/mol. The van der Waals surface area contributed by atoms with Crippen molar-refractivity contribution < 1.29 is 4.79 Å². The number of nitrogens with zero attached hydrogens (tertiary/aromatic N) is 2. The Morgan fingerprint density at radius 1 is 1.65 bits per heavy atom. The largest absolute Gasteiger partial charge is 0.350 e. The van der Waals surface area contributed by atoms with Gasteiger partial charge < -0.3 is 10.6 Å². The second-order valence-electron chi connectivity index (χ2n) is 4.36. The van der Waals surface area contributed by atoms with Crippen LogP contribution in [0.5, 0.6) is 0 Å². The molecule has 92 valence electrons. The second kappa shape index (κ2) is 5.72. The lowest BCUT2D eigenvalue weighted by molar-refractivity contribution is -0.125. The molecule has 2 rings (SSSR count). The first-order valence-electron chi connectivity index (χ1n) is 6.02. The highest BCUT2D eigenvalue weighted by atomic mass is 16.1. The number of carbonyl (C=O) groups excluding carboxylic acids is 1. The zero-order valence-corrected chi connectivity index (χ0v) is 10.1. The van der Waals surface area contributed by atoms with Gasteiger partial charge in [-0.05, 0) is 32.4 Å². The molecule has 0 bridgehead atoms. The first-order valence-corrected chi connectivity index (χ1v) is 6.02. The summed E-state index contributed by atoms with van der Waals surface area (Å²) in [5.74, 6) is 0.955. The van der Waals surface area contributed by atoms with Gasteiger partial charge in [-0.15, -0.1) is 0 Å². The number of aryl methyl sites for hydroxylation is 1. The van der Waals surface area contributed by atoms with Gasteiger partial charge in [0, 0.05) is 12.7 Å². The van der Waals surface area contributed by atoms with Crippen molar-refractivity contribution in [3.05, 3.63) is 23.8 Å². The Labute approximate surface area is 101 Å². The molecule has 2 N–H and O–H groups in total. The molecule has 1 amide bonds. The van der Waals surface area contributed by atoms with Gasteiger partial charge in [0.05, 0.1) is 18.2 Å². The third-order valence-electron chi connectivity index (χ3n) is 2.95. The molecule has 17 heavy (non-hydrogen) atoms. The van der Waals surface area contributed by atoms with E-state index < -0.39 is 0 Å². The molecule has 0 saturated carbocycles. The molecular weight excluding hydrogens is 216 g/mol. The van der Waals surface area contributed by atoms with Gasteiger partial charge in [0.25, 0.3) is 0 Å². The fourth-order valence-corrected chi connectivity index (χ4v) is 2.00. The summed E-state index contributed by atoms with van der Waals surface area (Å²) < 4.78 is 0. The topological polar surface area (TPSA) is 66.9 Å². The minimum Gasteiger partial charge on any atom is -0.350 e. The summed E-state index contributed by atoms with van der Waals surface area (Å²) in [5, 5.41) is 6.16. The molecule has 1 aliphatic rings. The average molecular weight is 234 g/mol. The summed E-state index contributed by atoms with van der Waals surface area (Å²) >= 11 is 0. The Bertz CT molecular complexity index is 388. The fraction of sp³-hybridized carbons (Fsp3) is 0.583. The van der Waals surface area contributed by atoms with Crippen LogP contribution in [-0.2, 0) is 11.3 Å². The average Bonchev–Trinajstić information content (AvgIpc) is 2.37. The molecule has 1 aromatic rings. The lowest BCUT2D eigenvalue weighted by Gasteiger charge is -2.21. The first kappa shape index (κ1) is 12.0. The smallest absolute Gasteiger partial charge is 0.224 e. The van der Waals surface area contributed by atoms with Crippen LogP contribution in [0.25, 0.3) is 0 Å². The minimum atomic E-state index is 0.103. The third-order valence-corrected chi connectivity index (χ3v) is 2.95. The molecule has 1 aliphatic heterocycles. The van der Waals surface area contributed by atoms with Crippen LogP contribution in [-0.4, -0.2) is 29.0 Å². The van der Waals surface area contributed by atoms with E-state index in [1.165, 1.54) is 0 Å². The van der Waals surface area contributed by atoms with Gasteiger partial charge >= 0.3 is 0 Å². The number of nitrogens with one attached hydrogen (secondary N) is 2. The van der Waals surface area contributed by atoms with Crippen molar-refractivity contribution in [3.8, 4) is 0 Å². The molecule has 1 atom stereocenters. The van der Waals surface area contributed by atoms with Crippen LogP contribution in [0.15, 0.2) is 12.3 Å². The molecule has 0 radical (unpaired) electrons. The molecule has 5 heteroatoms. The van der Waals surface area contributed by atoms with E-state index in [4.69, 9.17) is 0 Å². The van der Waals surface area contributed by atoms with Crippen molar-refractivity contribution in [1.29, 1.82) is 0 Å². The maximum atomic E-state index is 11.9. The number of piperidine rings is 1. The minimum absolute atomic E-state index is 0.103. The second-order valence-corrected chi connectivity index (χ2v) is 4.36. The van der Waals surface area contributed by atoms with Crippen LogP contribution in [0.4, 0.5) is 0 Å². The first-order chi connectivity index (χ1) is 8.25. The number of carbonyl (C=O) groups is 1. The molecule has 1 fully saturated rings. The van der Waals surface area contributed by atoms with Gasteiger partial charge in [0.2, 0.25) is 5.91 Å². The molecule has 0 aromatic carbocycles. The normalized spacial score (nSPS) is 19.9. The Kier molecular flexibility index (Phi) is 4.03. The van der Waals surface area contributed by atoms with Gasteiger partial charge in [-0.2, -0.15) is 0 Å². The van der Waals surface area contributed by atoms with E-state index in [1.807, 2.05) is 13.0 Å². The maximum absolute atomic E-state index is 11.9. The van der Waals surface area contributed by atoms with E-state index in [-0.39, 0.29) is 11.8 Å². The van der Waals surface area contributed by atoms with Crippen LogP contribution in [0, 0.1) is 12.8 Å². The Morgan fingerprint density at radius 3 is 3.24 bits per heavy atom. The van der Waals surface area contributed by atoms with Gasteiger partial charge in [-0.1, -0.05) is 0 Å². The van der Waals surface area contributed by atoms with Gasteiger partial charge in [0.1, 0.15) is 5.82 Å². The lowest BCUT2D eigenvalue weighted by atomic mass is 9.99. The summed E-state index contributed by atoms with van der Waals surface area (Å²) in [5.41, 5.74) is 0.856. The van der Waals surface area contributed by atoms with Crippen molar-refractivity contribution in [2.45, 2.75) is 26.3 Å². The van der Waals surface area contributed by atoms with E-state index in [1.54, 1.807) is 6.20 Å². The molecule has 0 spiro atoms. The van der Waals surface area contributed by atoms with E-state index in [0.717, 1.165) is 37.4 Å². The standard InChI is InChI=1S/C12H18N4O/c1-9-14-6-4-11(16-9)8-15-12(17)10-3-2-5-13-7-10/h4,6,10,13H,2-3,5,7-8H2,1H3,(H,15,17). The van der Waals surface area contributed by atoms with Crippen LogP contribution in [0.1, 0.15) is 24.4 Å². The number of hydrogen-bond donors (Lipinski definition) is 2. The zero-order valence-electron chi connectivity index (χ0n) is 10.1. The predicted molar refractivity (Wildman–Crippen MR) is 64.2 cm³/mol. The number of aromatic nitrogens is 2. The molecule has 1 unspecified atom stereocenters. The van der Waals surface area contributed by atoms with Crippen molar-refractivity contribution in [2.75, 3.05) is 13.1 Å². The Morgan fingerprint density at radius 2 is 2.53 bits per heavy atom. The molecule has 1 saturated heterocycles. The Balaban J connectivity index is 1.83. The SMILES string of the molecule is Cc1nccc(CNC(=O)C2CCCNC2)n1. The molecule has 0 aliphatic carbocycles. The van der Waals surface area contributed by atoms with E-state index >= 15 is 0 Å². The fourth-order valence-electron chi connectivity index (χ4n) is 2.00. The van der Waals surface area contributed by atoms with Crippen LogP contribution >= 0.6 is 0 Å². The molecular formula is C12H18N4O. The summed E-state index contributed by atoms with van der Waals surface area (Å²) in [6.45, 7) is 4.14. The highest BCUT2D eigenvalue weighted by molar-refractivity contribution is 5.78. The molecule has 5 nitrogen and oxygen atoms in total. The molecule has 2 heterocycles. The quantitative estimate of drug-likeness (QED) is 0.794. The Hall–Kier alpha value is -1.49. The van der Waals surface area contributed by atoms with Gasteiger partial charge in [-0.3, -0.25) is 4.79 Å². The summed E-state index contributed by atoms with van der Waals surface area (Å²) in [6, 6.07) is 1.83. The van der Waals surface area contributed by atoms with E-state index in [0.29, 0.717) is 6.54 Å². The molecule has 1 aromatic heterocycles. The number of hydrogen-bond acceptors (Lipinski definition) is 4. The number of amides is 1. The maximum Gasteiger partial charge on any atom is 0.224 e. The highest BCUT2D eigenvalue weighted by Crippen LogP contribution is 2.09. The summed E-state index contributed by atoms with van der Waals surface area (Å²) in [7, 11) is 0. The van der Waals surface area contributed by atoms with E-state index in [2.05, 4.69) is 20.6 Å². The van der Waals surface area contributed by atoms with Gasteiger partial charge in [0.15, 0.2) is 0 Å². The third kappa shape index (κ3) is 3.49. The summed E-state index contributed by atoms with van der Waals surface area (Å²) in [4.78, 5) is 20.1. The van der Waals surface area contributed by atoms with Crippen LogP contribution < -0.4 is 10.6 Å². The van der Waals surface area contributed by atoms with Crippen LogP contribution in [0.2, 0.25) is 0 Å². The summed E-state index contributed by atoms with van der Waals surface area (Å²) in [6.07, 6.45) is 3.76. The zero-order chi connectivity index (χ0) is 12.1. The number of rotatable bonds is 3. The lowest BCUT2D eigenvalue weighted by Crippen LogP contribution is -2.40. The van der Waals surface area contributed by atoms with Crippen molar-refractivity contribution in [3.63, 3.8) is 0 Å². The van der Waals surface area contributed by atoms with Crippen molar-refractivity contribution in [1.82, 2.24) is 20.6 Å². The van der Waals surface area contributed by atoms with Crippen molar-refractivity contribution >= 4 is 5.91 Å².